The summed E-state index contributed by atoms with van der Waals surface area (Å²) in [6, 6.07) is 5.39. The van der Waals surface area contributed by atoms with E-state index in [1.165, 1.54) is 4.68 Å². The first kappa shape index (κ1) is 12.2. The zero-order valence-corrected chi connectivity index (χ0v) is 10.7. The van der Waals surface area contributed by atoms with Crippen LogP contribution in [0.15, 0.2) is 24.4 Å². The smallest absolute Gasteiger partial charge is 0.273 e. The van der Waals surface area contributed by atoms with E-state index >= 15 is 0 Å². The maximum Gasteiger partial charge on any atom is 0.273 e. The van der Waals surface area contributed by atoms with Gasteiger partial charge in [-0.3, -0.25) is 9.48 Å². The third-order valence-corrected chi connectivity index (χ3v) is 3.06. The molecule has 0 unspecified atom stereocenters. The summed E-state index contributed by atoms with van der Waals surface area (Å²) in [5, 5.41) is 6.80. The van der Waals surface area contributed by atoms with Crippen molar-refractivity contribution in [3.63, 3.8) is 0 Å². The molecule has 0 radical (unpaired) electrons. The third-order valence-electron chi connectivity index (χ3n) is 3.06. The third kappa shape index (κ3) is 2.07. The highest BCUT2D eigenvalue weighted by atomic mass is 16.2. The van der Waals surface area contributed by atoms with Crippen molar-refractivity contribution in [3.8, 4) is 0 Å². The summed E-state index contributed by atoms with van der Waals surface area (Å²) in [5.74, 6) is -0.213. The quantitative estimate of drug-likeness (QED) is 0.792. The molecule has 1 aromatic carbocycles. The van der Waals surface area contributed by atoms with Crippen LogP contribution in [0.2, 0.25) is 0 Å². The molecule has 0 aliphatic rings. The van der Waals surface area contributed by atoms with Gasteiger partial charge in [-0.15, -0.1) is 0 Å². The van der Waals surface area contributed by atoms with E-state index in [9.17, 15) is 4.79 Å². The Morgan fingerprint density at radius 2 is 2.06 bits per heavy atom. The predicted molar refractivity (Wildman–Crippen MR) is 71.5 cm³/mol. The number of nitrogens with two attached hydrogens (primary N) is 1. The molecular formula is C13H16N4O. The molecule has 0 spiro atoms. The number of aromatic nitrogens is 2. The van der Waals surface area contributed by atoms with Crippen LogP contribution in [0, 0.1) is 13.8 Å². The summed E-state index contributed by atoms with van der Waals surface area (Å²) in [6.45, 7) is 3.92. The van der Waals surface area contributed by atoms with Gasteiger partial charge in [-0.1, -0.05) is 6.07 Å². The second kappa shape index (κ2) is 4.52. The molecule has 18 heavy (non-hydrogen) atoms. The maximum atomic E-state index is 12.1. The molecule has 94 valence electrons. The monoisotopic (exact) mass is 244 g/mol. The van der Waals surface area contributed by atoms with Crippen molar-refractivity contribution in [2.75, 3.05) is 11.1 Å². The Kier molecular flexibility index (Phi) is 3.06. The van der Waals surface area contributed by atoms with Gasteiger partial charge in [0.25, 0.3) is 5.91 Å². The number of anilines is 2. The summed E-state index contributed by atoms with van der Waals surface area (Å²) in [4.78, 5) is 12.1. The topological polar surface area (TPSA) is 72.9 Å². The largest absolute Gasteiger partial charge is 0.397 e. The van der Waals surface area contributed by atoms with Gasteiger partial charge in [0.05, 0.1) is 11.4 Å². The molecule has 1 heterocycles. The number of nitrogens with one attached hydrogen (secondary N) is 1. The van der Waals surface area contributed by atoms with Crippen molar-refractivity contribution in [3.05, 3.63) is 41.2 Å². The van der Waals surface area contributed by atoms with Gasteiger partial charge in [0.1, 0.15) is 5.69 Å². The van der Waals surface area contributed by atoms with Crippen molar-refractivity contribution < 1.29 is 4.79 Å². The fourth-order valence-electron chi connectivity index (χ4n) is 1.78. The lowest BCUT2D eigenvalue weighted by atomic mass is 10.1. The molecule has 2 rings (SSSR count). The lowest BCUT2D eigenvalue weighted by Crippen LogP contribution is -2.18. The normalized spacial score (nSPS) is 10.4. The van der Waals surface area contributed by atoms with Crippen LogP contribution in [-0.4, -0.2) is 15.7 Å². The molecule has 5 heteroatoms. The summed E-state index contributed by atoms with van der Waals surface area (Å²) in [6.07, 6.45) is 1.58. The number of nitrogen functional groups attached to an aromatic ring is 1. The molecule has 2 aromatic rings. The lowest BCUT2D eigenvalue weighted by molar-refractivity contribution is 0.101. The Morgan fingerprint density at radius 1 is 1.33 bits per heavy atom. The number of benzene rings is 1. The Balaban J connectivity index is 2.33. The molecule has 3 N–H and O–H groups in total. The Bertz CT molecular complexity index is 601. The molecule has 0 atom stereocenters. The minimum absolute atomic E-state index is 0.213. The number of rotatable bonds is 2. The highest BCUT2D eigenvalue weighted by Crippen LogP contribution is 2.26. The summed E-state index contributed by atoms with van der Waals surface area (Å²) >= 11 is 0. The maximum absolute atomic E-state index is 12.1. The summed E-state index contributed by atoms with van der Waals surface area (Å²) < 4.78 is 1.52. The molecule has 0 saturated carbocycles. The van der Waals surface area contributed by atoms with Crippen LogP contribution in [-0.2, 0) is 7.05 Å². The van der Waals surface area contributed by atoms with E-state index in [0.29, 0.717) is 17.1 Å². The van der Waals surface area contributed by atoms with Crippen LogP contribution in [0.25, 0.3) is 0 Å². The molecule has 1 amide bonds. The number of carbonyl (C=O) groups is 1. The van der Waals surface area contributed by atoms with Gasteiger partial charge >= 0.3 is 0 Å². The fourth-order valence-corrected chi connectivity index (χ4v) is 1.78. The van der Waals surface area contributed by atoms with Crippen molar-refractivity contribution in [1.82, 2.24) is 9.78 Å². The predicted octanol–water partition coefficient (Wildman–Crippen LogP) is 1.87. The molecule has 5 nitrogen and oxygen atoms in total. The highest BCUT2D eigenvalue weighted by molar-refractivity contribution is 6.05. The van der Waals surface area contributed by atoms with Gasteiger partial charge in [0, 0.05) is 13.2 Å². The van der Waals surface area contributed by atoms with Crippen LogP contribution in [0.4, 0.5) is 11.4 Å². The van der Waals surface area contributed by atoms with Gasteiger partial charge in [-0.25, -0.2) is 0 Å². The number of nitrogens with zero attached hydrogens (tertiary/aromatic N) is 2. The van der Waals surface area contributed by atoms with E-state index in [1.54, 1.807) is 25.4 Å². The van der Waals surface area contributed by atoms with E-state index < -0.39 is 0 Å². The molecule has 0 fully saturated rings. The first-order valence-electron chi connectivity index (χ1n) is 5.65. The first-order chi connectivity index (χ1) is 8.50. The average Bonchev–Trinajstić information content (AvgIpc) is 2.76. The van der Waals surface area contributed by atoms with E-state index in [4.69, 9.17) is 5.73 Å². The van der Waals surface area contributed by atoms with Crippen LogP contribution < -0.4 is 11.1 Å². The molecule has 0 bridgehead atoms. The van der Waals surface area contributed by atoms with Crippen molar-refractivity contribution in [2.24, 2.45) is 7.05 Å². The molecule has 0 saturated heterocycles. The number of carbonyl (C=O) groups excluding carboxylic acids is 1. The van der Waals surface area contributed by atoms with E-state index in [2.05, 4.69) is 10.4 Å². The molecule has 0 aliphatic heterocycles. The summed E-state index contributed by atoms with van der Waals surface area (Å²) in [5.41, 5.74) is 9.68. The lowest BCUT2D eigenvalue weighted by Gasteiger charge is -2.13. The Hall–Kier alpha value is -2.30. The summed E-state index contributed by atoms with van der Waals surface area (Å²) in [7, 11) is 1.72. The SMILES string of the molecule is Cc1ccc(N)c(NC(=O)c2ccnn2C)c1C. The van der Waals surface area contributed by atoms with Crippen molar-refractivity contribution in [1.29, 1.82) is 0 Å². The first-order valence-corrected chi connectivity index (χ1v) is 5.65. The minimum Gasteiger partial charge on any atom is -0.397 e. The van der Waals surface area contributed by atoms with Gasteiger partial charge < -0.3 is 11.1 Å². The van der Waals surface area contributed by atoms with Gasteiger partial charge in [0.2, 0.25) is 0 Å². The highest BCUT2D eigenvalue weighted by Gasteiger charge is 2.13. The zero-order chi connectivity index (χ0) is 13.3. The van der Waals surface area contributed by atoms with E-state index in [-0.39, 0.29) is 5.91 Å². The molecular weight excluding hydrogens is 228 g/mol. The number of hydrogen-bond acceptors (Lipinski definition) is 3. The van der Waals surface area contributed by atoms with Crippen LogP contribution >= 0.6 is 0 Å². The van der Waals surface area contributed by atoms with Crippen molar-refractivity contribution >= 4 is 17.3 Å². The number of aryl methyl sites for hydroxylation is 2. The molecule has 0 aliphatic carbocycles. The van der Waals surface area contributed by atoms with E-state index in [0.717, 1.165) is 11.1 Å². The van der Waals surface area contributed by atoms with Gasteiger partial charge in [0.15, 0.2) is 0 Å². The number of amides is 1. The fraction of sp³-hybridized carbons (Fsp3) is 0.231. The van der Waals surface area contributed by atoms with Gasteiger partial charge in [-0.2, -0.15) is 5.10 Å². The number of hydrogen-bond donors (Lipinski definition) is 2. The second-order valence-electron chi connectivity index (χ2n) is 4.27. The van der Waals surface area contributed by atoms with Crippen molar-refractivity contribution in [2.45, 2.75) is 13.8 Å². The Labute approximate surface area is 106 Å². The van der Waals surface area contributed by atoms with Crippen LogP contribution in [0.1, 0.15) is 21.6 Å². The molecule has 1 aromatic heterocycles. The van der Waals surface area contributed by atoms with Gasteiger partial charge in [-0.05, 0) is 37.1 Å². The van der Waals surface area contributed by atoms with Crippen LogP contribution in [0.5, 0.6) is 0 Å². The zero-order valence-electron chi connectivity index (χ0n) is 10.7. The van der Waals surface area contributed by atoms with Crippen LogP contribution in [0.3, 0.4) is 0 Å². The standard InChI is InChI=1S/C13H16N4O/c1-8-4-5-10(14)12(9(8)2)16-13(18)11-6-7-15-17(11)3/h4-7H,14H2,1-3H3,(H,16,18). The Morgan fingerprint density at radius 3 is 2.67 bits per heavy atom. The second-order valence-corrected chi connectivity index (χ2v) is 4.27. The minimum atomic E-state index is -0.213. The van der Waals surface area contributed by atoms with E-state index in [1.807, 2.05) is 19.9 Å². The average molecular weight is 244 g/mol.